The molecule has 0 saturated heterocycles. The van der Waals surface area contributed by atoms with Gasteiger partial charge in [-0.3, -0.25) is 9.59 Å². The van der Waals surface area contributed by atoms with Gasteiger partial charge in [-0.25, -0.2) is 0 Å². The molecule has 2 amide bonds. The van der Waals surface area contributed by atoms with Gasteiger partial charge in [0.25, 0.3) is 5.91 Å². The molecule has 5 rings (SSSR count). The normalized spacial score (nSPS) is 10.5. The summed E-state index contributed by atoms with van der Waals surface area (Å²) in [5.41, 5.74) is 4.60. The van der Waals surface area contributed by atoms with Crippen LogP contribution in [0.3, 0.4) is 0 Å². The van der Waals surface area contributed by atoms with Crippen LogP contribution in [0.25, 0.3) is 21.8 Å². The van der Waals surface area contributed by atoms with Gasteiger partial charge in [0.05, 0.1) is 7.11 Å². The van der Waals surface area contributed by atoms with E-state index in [1.165, 1.54) is 12.5 Å². The number of anilines is 1. The van der Waals surface area contributed by atoms with Gasteiger partial charge in [0.15, 0.2) is 0 Å². The number of benzene rings is 3. The lowest BCUT2D eigenvalue weighted by Crippen LogP contribution is -2.22. The number of amides is 2. The number of hydrogen-bond donors (Lipinski definition) is 4. The monoisotopic (exact) mass is 468 g/mol. The number of aromatic amines is 2. The number of H-pyrrole nitrogens is 2. The molecule has 2 aromatic heterocycles. The van der Waals surface area contributed by atoms with E-state index < -0.39 is 0 Å². The minimum absolute atomic E-state index is 0.00224. The summed E-state index contributed by atoms with van der Waals surface area (Å²) in [5.74, 6) is 0.720. The molecule has 0 aliphatic rings. The molecule has 178 valence electrons. The molecular weight excluding hydrogens is 440 g/mol. The first-order valence-corrected chi connectivity index (χ1v) is 11.4. The molecule has 0 fully saturated rings. The lowest BCUT2D eigenvalue weighted by molar-refractivity contribution is -0.118. The lowest BCUT2D eigenvalue weighted by atomic mass is 10.1. The van der Waals surface area contributed by atoms with E-state index >= 15 is 0 Å². The third-order valence-corrected chi connectivity index (χ3v) is 5.55. The summed E-state index contributed by atoms with van der Waals surface area (Å²) in [6, 6.07) is 25.0. The topological polar surface area (TPSA) is 99.0 Å². The average Bonchev–Trinajstić information content (AvgIpc) is 3.49. The zero-order valence-corrected chi connectivity index (χ0v) is 19.7. The first-order valence-electron chi connectivity index (χ1n) is 11.4. The molecule has 2 heterocycles. The molecule has 4 N–H and O–H groups in total. The molecule has 7 nitrogen and oxygen atoms in total. The number of carbonyl (C=O) groups is 2. The van der Waals surface area contributed by atoms with Crippen LogP contribution in [0.4, 0.5) is 5.69 Å². The maximum absolute atomic E-state index is 12.0. The highest BCUT2D eigenvalue weighted by molar-refractivity contribution is 6.05. The number of carbonyl (C=O) groups excluding carboxylic acids is 2. The Hall–Kier alpha value is -4.52. The highest BCUT2D eigenvalue weighted by Crippen LogP contribution is 2.23. The molecule has 0 bridgehead atoms. The van der Waals surface area contributed by atoms with E-state index in [4.69, 9.17) is 4.74 Å². The Kier molecular flexibility index (Phi) is 7.47. The number of para-hydroxylation sites is 2. The fraction of sp³-hybridized carbons (Fsp3) is 0.143. The van der Waals surface area contributed by atoms with Crippen molar-refractivity contribution in [3.63, 3.8) is 0 Å². The predicted octanol–water partition coefficient (Wildman–Crippen LogP) is 5.28. The fourth-order valence-corrected chi connectivity index (χ4v) is 3.78. The van der Waals surface area contributed by atoms with Crippen LogP contribution in [0.2, 0.25) is 0 Å². The zero-order valence-electron chi connectivity index (χ0n) is 19.7. The number of nitrogens with one attached hydrogen (secondary N) is 4. The quantitative estimate of drug-likeness (QED) is 0.273. The van der Waals surface area contributed by atoms with Crippen molar-refractivity contribution in [1.82, 2.24) is 15.3 Å². The van der Waals surface area contributed by atoms with Crippen molar-refractivity contribution in [2.24, 2.45) is 0 Å². The lowest BCUT2D eigenvalue weighted by Gasteiger charge is -2.03. The number of rotatable bonds is 6. The van der Waals surface area contributed by atoms with Crippen molar-refractivity contribution in [2.75, 3.05) is 19.0 Å². The average molecular weight is 469 g/mol. The van der Waals surface area contributed by atoms with Crippen molar-refractivity contribution in [3.8, 4) is 5.75 Å². The van der Waals surface area contributed by atoms with Crippen molar-refractivity contribution >= 4 is 39.3 Å². The van der Waals surface area contributed by atoms with Gasteiger partial charge in [0, 0.05) is 47.2 Å². The number of hydrogen-bond acceptors (Lipinski definition) is 3. The molecule has 0 saturated carbocycles. The zero-order chi connectivity index (χ0) is 24.6. The van der Waals surface area contributed by atoms with E-state index in [-0.39, 0.29) is 11.8 Å². The smallest absolute Gasteiger partial charge is 0.272 e. The molecule has 0 aliphatic carbocycles. The van der Waals surface area contributed by atoms with Crippen LogP contribution in [0, 0.1) is 0 Å². The minimum atomic E-state index is -0.127. The third kappa shape index (κ3) is 6.09. The molecule has 7 heteroatoms. The highest BCUT2D eigenvalue weighted by atomic mass is 16.5. The molecule has 0 spiro atoms. The Bertz CT molecular complexity index is 1400. The van der Waals surface area contributed by atoms with Gasteiger partial charge < -0.3 is 25.3 Å². The SMILES string of the molecule is COc1ccc2[nH]cc(CCNC(C)=O)c2c1.O=C(Nc1ccccc1)c1cc2ccccc2[nH]1. The third-order valence-electron chi connectivity index (χ3n) is 5.55. The molecule has 35 heavy (non-hydrogen) atoms. The van der Waals surface area contributed by atoms with Gasteiger partial charge in [-0.1, -0.05) is 36.4 Å². The highest BCUT2D eigenvalue weighted by Gasteiger charge is 2.09. The van der Waals surface area contributed by atoms with Crippen LogP contribution in [0.1, 0.15) is 23.0 Å². The summed E-state index contributed by atoms with van der Waals surface area (Å²) in [4.78, 5) is 29.2. The van der Waals surface area contributed by atoms with Gasteiger partial charge in [-0.2, -0.15) is 0 Å². The Morgan fingerprint density at radius 3 is 2.43 bits per heavy atom. The molecule has 5 aromatic rings. The summed E-state index contributed by atoms with van der Waals surface area (Å²) in [6.07, 6.45) is 2.79. The predicted molar refractivity (Wildman–Crippen MR) is 140 cm³/mol. The fourth-order valence-electron chi connectivity index (χ4n) is 3.78. The Balaban J connectivity index is 0.000000165. The molecular formula is C28H28N4O3. The van der Waals surface area contributed by atoms with Crippen LogP contribution >= 0.6 is 0 Å². The number of ether oxygens (including phenoxy) is 1. The standard InChI is InChI=1S/C15H12N2O.C13H16N2O2/c18-15(16-12-7-2-1-3-8-12)14-10-11-6-4-5-9-13(11)17-14;1-9(16)14-6-5-10-8-15-13-4-3-11(17-2)7-12(10)13/h1-10,17H,(H,16,18);3-4,7-8,15H,5-6H2,1-2H3,(H,14,16). The number of fused-ring (bicyclic) bond motifs is 2. The summed E-state index contributed by atoms with van der Waals surface area (Å²) in [7, 11) is 1.66. The Labute approximate surface area is 203 Å². The van der Waals surface area contributed by atoms with Crippen LogP contribution in [-0.4, -0.2) is 35.4 Å². The van der Waals surface area contributed by atoms with Crippen LogP contribution in [0.5, 0.6) is 5.75 Å². The second kappa shape index (κ2) is 11.1. The maximum Gasteiger partial charge on any atom is 0.272 e. The first-order chi connectivity index (χ1) is 17.0. The second-order valence-electron chi connectivity index (χ2n) is 8.05. The van der Waals surface area contributed by atoms with Crippen LogP contribution in [-0.2, 0) is 11.2 Å². The van der Waals surface area contributed by atoms with E-state index in [2.05, 4.69) is 20.6 Å². The van der Waals surface area contributed by atoms with Gasteiger partial charge in [-0.15, -0.1) is 0 Å². The first kappa shape index (κ1) is 23.6. The Morgan fingerprint density at radius 2 is 1.69 bits per heavy atom. The van der Waals surface area contributed by atoms with E-state index in [0.717, 1.165) is 39.7 Å². The molecule has 0 radical (unpaired) electrons. The van der Waals surface area contributed by atoms with Gasteiger partial charge in [-0.05, 0) is 54.4 Å². The second-order valence-corrected chi connectivity index (χ2v) is 8.05. The van der Waals surface area contributed by atoms with Crippen LogP contribution < -0.4 is 15.4 Å². The van der Waals surface area contributed by atoms with Crippen molar-refractivity contribution in [1.29, 1.82) is 0 Å². The molecule has 0 unspecified atom stereocenters. The summed E-state index contributed by atoms with van der Waals surface area (Å²) >= 11 is 0. The largest absolute Gasteiger partial charge is 0.497 e. The number of methoxy groups -OCH3 is 1. The molecule has 3 aromatic carbocycles. The number of aromatic nitrogens is 2. The summed E-state index contributed by atoms with van der Waals surface area (Å²) in [6.45, 7) is 2.18. The van der Waals surface area contributed by atoms with Gasteiger partial charge >= 0.3 is 0 Å². The van der Waals surface area contributed by atoms with Crippen molar-refractivity contribution < 1.29 is 14.3 Å². The van der Waals surface area contributed by atoms with Gasteiger partial charge in [0.1, 0.15) is 11.4 Å². The van der Waals surface area contributed by atoms with E-state index in [0.29, 0.717) is 12.2 Å². The summed E-state index contributed by atoms with van der Waals surface area (Å²) in [5, 5.41) is 7.83. The van der Waals surface area contributed by atoms with E-state index in [9.17, 15) is 9.59 Å². The van der Waals surface area contributed by atoms with Crippen molar-refractivity contribution in [2.45, 2.75) is 13.3 Å². The Morgan fingerprint density at radius 1 is 0.914 bits per heavy atom. The maximum atomic E-state index is 12.0. The van der Waals surface area contributed by atoms with E-state index in [1.54, 1.807) is 7.11 Å². The van der Waals surface area contributed by atoms with Gasteiger partial charge in [0.2, 0.25) is 5.91 Å². The molecule has 0 atom stereocenters. The van der Waals surface area contributed by atoms with Crippen molar-refractivity contribution in [3.05, 3.63) is 96.3 Å². The van der Waals surface area contributed by atoms with E-state index in [1.807, 2.05) is 85.1 Å². The molecule has 0 aliphatic heterocycles. The van der Waals surface area contributed by atoms with Crippen LogP contribution in [0.15, 0.2) is 85.1 Å². The minimum Gasteiger partial charge on any atom is -0.497 e. The summed E-state index contributed by atoms with van der Waals surface area (Å²) < 4.78 is 5.21.